The van der Waals surface area contributed by atoms with Crippen LogP contribution in [0.15, 0.2) is 30.3 Å². The van der Waals surface area contributed by atoms with Crippen LogP contribution in [0.4, 0.5) is 0 Å². The number of Topliss-reactive ketones (excluding diaryl/α,β-unsaturated/α-hetero) is 1. The Morgan fingerprint density at radius 2 is 2.04 bits per heavy atom. The molecule has 1 fully saturated rings. The molecule has 3 rings (SSSR count). The van der Waals surface area contributed by atoms with Gasteiger partial charge in [-0.3, -0.25) is 4.79 Å². The maximum absolute atomic E-state index is 12.5. The first-order chi connectivity index (χ1) is 12.5. The van der Waals surface area contributed by atoms with Crippen molar-refractivity contribution in [2.24, 2.45) is 0 Å². The van der Waals surface area contributed by atoms with Crippen LogP contribution >= 0.6 is 11.6 Å². The SMILES string of the molecule is Cc1cc(C(=O)COC(=O)c2ccccc2Cl)c(C)n1C[C@@H]1CCCO1. The summed E-state index contributed by atoms with van der Waals surface area (Å²) in [5.74, 6) is -0.825. The van der Waals surface area contributed by atoms with Gasteiger partial charge in [0.05, 0.1) is 16.7 Å². The number of esters is 1. The fourth-order valence-electron chi connectivity index (χ4n) is 3.27. The molecule has 1 aliphatic rings. The molecular weight excluding hydrogens is 354 g/mol. The molecule has 1 aromatic heterocycles. The Kier molecular flexibility index (Phi) is 5.79. The molecule has 1 saturated heterocycles. The van der Waals surface area contributed by atoms with Gasteiger partial charge in [0, 0.05) is 30.1 Å². The summed E-state index contributed by atoms with van der Waals surface area (Å²) < 4.78 is 12.9. The number of rotatable bonds is 6. The summed E-state index contributed by atoms with van der Waals surface area (Å²) in [6, 6.07) is 8.45. The lowest BCUT2D eigenvalue weighted by atomic mass is 10.1. The van der Waals surface area contributed by atoms with E-state index >= 15 is 0 Å². The van der Waals surface area contributed by atoms with Gasteiger partial charge in [0.2, 0.25) is 5.78 Å². The summed E-state index contributed by atoms with van der Waals surface area (Å²) in [7, 11) is 0. The van der Waals surface area contributed by atoms with E-state index in [4.69, 9.17) is 21.1 Å². The molecule has 0 amide bonds. The first-order valence-electron chi connectivity index (χ1n) is 8.70. The number of hydrogen-bond acceptors (Lipinski definition) is 4. The van der Waals surface area contributed by atoms with Crippen molar-refractivity contribution in [2.45, 2.75) is 39.3 Å². The van der Waals surface area contributed by atoms with E-state index in [0.717, 1.165) is 37.4 Å². The molecule has 26 heavy (non-hydrogen) atoms. The van der Waals surface area contributed by atoms with Crippen LogP contribution in [-0.4, -0.2) is 35.6 Å². The number of aryl methyl sites for hydroxylation is 1. The summed E-state index contributed by atoms with van der Waals surface area (Å²) in [6.45, 7) is 5.10. The van der Waals surface area contributed by atoms with Gasteiger partial charge in [-0.25, -0.2) is 4.79 Å². The zero-order valence-corrected chi connectivity index (χ0v) is 15.7. The molecule has 0 spiro atoms. The number of ether oxygens (including phenoxy) is 2. The van der Waals surface area contributed by atoms with Crippen molar-refractivity contribution in [1.82, 2.24) is 4.57 Å². The third-order valence-corrected chi connectivity index (χ3v) is 5.04. The van der Waals surface area contributed by atoms with Crippen molar-refractivity contribution < 1.29 is 19.1 Å². The average molecular weight is 376 g/mol. The minimum Gasteiger partial charge on any atom is -0.454 e. The van der Waals surface area contributed by atoms with Crippen LogP contribution in [0, 0.1) is 13.8 Å². The van der Waals surface area contributed by atoms with Gasteiger partial charge < -0.3 is 14.0 Å². The molecule has 1 aliphatic heterocycles. The van der Waals surface area contributed by atoms with Gasteiger partial charge in [-0.05, 0) is 44.9 Å². The summed E-state index contributed by atoms with van der Waals surface area (Å²) >= 11 is 5.98. The normalized spacial score (nSPS) is 16.7. The number of carbonyl (C=O) groups is 2. The highest BCUT2D eigenvalue weighted by Gasteiger charge is 2.22. The van der Waals surface area contributed by atoms with E-state index < -0.39 is 5.97 Å². The molecule has 0 saturated carbocycles. The van der Waals surface area contributed by atoms with Crippen molar-refractivity contribution in [3.05, 3.63) is 57.9 Å². The van der Waals surface area contributed by atoms with Gasteiger partial charge in [0.25, 0.3) is 0 Å². The van der Waals surface area contributed by atoms with Crippen molar-refractivity contribution in [3.63, 3.8) is 0 Å². The summed E-state index contributed by atoms with van der Waals surface area (Å²) in [5.41, 5.74) is 2.70. The van der Waals surface area contributed by atoms with Crippen LogP contribution in [0.25, 0.3) is 0 Å². The second-order valence-corrected chi connectivity index (χ2v) is 6.92. The van der Waals surface area contributed by atoms with Gasteiger partial charge in [0.15, 0.2) is 6.61 Å². The molecule has 0 radical (unpaired) electrons. The second kappa shape index (κ2) is 8.06. The Morgan fingerprint density at radius 3 is 2.73 bits per heavy atom. The minimum atomic E-state index is -0.600. The maximum Gasteiger partial charge on any atom is 0.340 e. The predicted octanol–water partition coefficient (Wildman–Crippen LogP) is 3.98. The van der Waals surface area contributed by atoms with E-state index in [0.29, 0.717) is 10.6 Å². The monoisotopic (exact) mass is 375 g/mol. The number of benzene rings is 1. The van der Waals surface area contributed by atoms with Gasteiger partial charge in [0.1, 0.15) is 0 Å². The Morgan fingerprint density at radius 1 is 1.27 bits per heavy atom. The molecule has 1 atom stereocenters. The largest absolute Gasteiger partial charge is 0.454 e. The van der Waals surface area contributed by atoms with Gasteiger partial charge in [-0.1, -0.05) is 23.7 Å². The highest BCUT2D eigenvalue weighted by atomic mass is 35.5. The van der Waals surface area contributed by atoms with Crippen LogP contribution < -0.4 is 0 Å². The molecule has 1 aromatic carbocycles. The summed E-state index contributed by atoms with van der Waals surface area (Å²) in [4.78, 5) is 24.6. The number of carbonyl (C=O) groups excluding carboxylic acids is 2. The lowest BCUT2D eigenvalue weighted by molar-refractivity contribution is 0.0474. The second-order valence-electron chi connectivity index (χ2n) is 6.51. The number of hydrogen-bond donors (Lipinski definition) is 0. The molecule has 0 aliphatic carbocycles. The first kappa shape index (κ1) is 18.7. The number of halogens is 1. The van der Waals surface area contributed by atoms with E-state index in [1.807, 2.05) is 19.9 Å². The molecular formula is C20H22ClNO4. The third-order valence-electron chi connectivity index (χ3n) is 4.71. The van der Waals surface area contributed by atoms with Gasteiger partial charge in [-0.2, -0.15) is 0 Å². The Hall–Kier alpha value is -2.11. The molecule has 0 unspecified atom stereocenters. The number of ketones is 1. The Labute approximate surface area is 157 Å². The molecule has 0 bridgehead atoms. The lowest BCUT2D eigenvalue weighted by Gasteiger charge is -2.14. The highest BCUT2D eigenvalue weighted by Crippen LogP contribution is 2.21. The standard InChI is InChI=1S/C20H22ClNO4/c1-13-10-17(14(2)22(13)11-15-6-5-9-25-15)19(23)12-26-20(24)16-7-3-4-8-18(16)21/h3-4,7-8,10,15H,5-6,9,11-12H2,1-2H3/t15-/m0/s1. The fraction of sp³-hybridized carbons (Fsp3) is 0.400. The van der Waals surface area contributed by atoms with Crippen LogP contribution in [-0.2, 0) is 16.0 Å². The van der Waals surface area contributed by atoms with E-state index in [2.05, 4.69) is 4.57 Å². The van der Waals surface area contributed by atoms with Crippen LogP contribution in [0.3, 0.4) is 0 Å². The van der Waals surface area contributed by atoms with Gasteiger partial charge in [-0.15, -0.1) is 0 Å². The first-order valence-corrected chi connectivity index (χ1v) is 9.08. The average Bonchev–Trinajstić information content (AvgIpc) is 3.23. The molecule has 6 heteroatoms. The van der Waals surface area contributed by atoms with Crippen molar-refractivity contribution in [3.8, 4) is 0 Å². The van der Waals surface area contributed by atoms with E-state index in [1.165, 1.54) is 0 Å². The van der Waals surface area contributed by atoms with E-state index in [1.54, 1.807) is 24.3 Å². The predicted molar refractivity (Wildman–Crippen MR) is 98.9 cm³/mol. The molecule has 0 N–H and O–H groups in total. The Bertz CT molecular complexity index is 821. The van der Waals surface area contributed by atoms with E-state index in [9.17, 15) is 9.59 Å². The third kappa shape index (κ3) is 4.00. The number of nitrogens with zero attached hydrogens (tertiary/aromatic N) is 1. The van der Waals surface area contributed by atoms with Crippen molar-refractivity contribution in [1.29, 1.82) is 0 Å². The topological polar surface area (TPSA) is 57.5 Å². The zero-order chi connectivity index (χ0) is 18.7. The van der Waals surface area contributed by atoms with Gasteiger partial charge >= 0.3 is 5.97 Å². The minimum absolute atomic E-state index is 0.195. The fourth-order valence-corrected chi connectivity index (χ4v) is 3.48. The summed E-state index contributed by atoms with van der Waals surface area (Å²) in [6.07, 6.45) is 2.31. The van der Waals surface area contributed by atoms with Crippen LogP contribution in [0.2, 0.25) is 5.02 Å². The lowest BCUT2D eigenvalue weighted by Crippen LogP contribution is -2.18. The quantitative estimate of drug-likeness (QED) is 0.566. The molecule has 5 nitrogen and oxygen atoms in total. The number of aromatic nitrogens is 1. The molecule has 138 valence electrons. The smallest absolute Gasteiger partial charge is 0.340 e. The van der Waals surface area contributed by atoms with Crippen molar-refractivity contribution >= 4 is 23.4 Å². The molecule has 2 heterocycles. The van der Waals surface area contributed by atoms with Crippen LogP contribution in [0.5, 0.6) is 0 Å². The van der Waals surface area contributed by atoms with Crippen molar-refractivity contribution in [2.75, 3.05) is 13.2 Å². The Balaban J connectivity index is 1.66. The highest BCUT2D eigenvalue weighted by molar-refractivity contribution is 6.33. The summed E-state index contributed by atoms with van der Waals surface area (Å²) in [5, 5.41) is 0.305. The van der Waals surface area contributed by atoms with Crippen LogP contribution in [0.1, 0.15) is 44.9 Å². The zero-order valence-electron chi connectivity index (χ0n) is 15.0. The molecule has 2 aromatic rings. The van der Waals surface area contributed by atoms with E-state index in [-0.39, 0.29) is 24.1 Å². The maximum atomic E-state index is 12.5.